The summed E-state index contributed by atoms with van der Waals surface area (Å²) in [6.07, 6.45) is 2.87. The second-order valence-electron chi connectivity index (χ2n) is 7.70. The van der Waals surface area contributed by atoms with Gasteiger partial charge in [0.05, 0.1) is 17.8 Å². The molecule has 0 unspecified atom stereocenters. The van der Waals surface area contributed by atoms with Gasteiger partial charge in [-0.3, -0.25) is 9.48 Å². The molecular weight excluding hydrogens is 432 g/mol. The number of hydrogen-bond acceptors (Lipinski definition) is 5. The molecule has 0 radical (unpaired) electrons. The molecule has 2 aromatic rings. The maximum absolute atomic E-state index is 12.8. The number of rotatable bonds is 7. The maximum Gasteiger partial charge on any atom is 0.256 e. The first-order chi connectivity index (χ1) is 13.7. The van der Waals surface area contributed by atoms with Crippen molar-refractivity contribution in [1.82, 2.24) is 19.4 Å². The molecule has 3 heterocycles. The molecule has 0 saturated carbocycles. The molecule has 1 N–H and O–H groups in total. The lowest BCUT2D eigenvalue weighted by molar-refractivity contribution is 0.0950. The first kappa shape index (κ1) is 22.3. The van der Waals surface area contributed by atoms with Crippen LogP contribution < -0.4 is 5.32 Å². The van der Waals surface area contributed by atoms with Crippen LogP contribution in [0.3, 0.4) is 0 Å². The van der Waals surface area contributed by atoms with Crippen LogP contribution in [-0.4, -0.2) is 41.5 Å². The first-order valence-electron chi connectivity index (χ1n) is 9.80. The van der Waals surface area contributed by atoms with Crippen LogP contribution in [0, 0.1) is 12.8 Å². The molecule has 0 spiro atoms. The molecule has 0 aromatic carbocycles. The van der Waals surface area contributed by atoms with Gasteiger partial charge in [0, 0.05) is 24.5 Å². The van der Waals surface area contributed by atoms with Crippen LogP contribution in [0.15, 0.2) is 16.3 Å². The number of sulfonamides is 1. The van der Waals surface area contributed by atoms with Gasteiger partial charge in [-0.05, 0) is 37.8 Å². The van der Waals surface area contributed by atoms with Gasteiger partial charge in [0.2, 0.25) is 0 Å². The molecule has 29 heavy (non-hydrogen) atoms. The summed E-state index contributed by atoms with van der Waals surface area (Å²) in [5.41, 5.74) is 0.942. The molecule has 1 aliphatic rings. The highest BCUT2D eigenvalue weighted by Crippen LogP contribution is 2.27. The molecular formula is C19H27ClN4O3S2. The van der Waals surface area contributed by atoms with E-state index in [2.05, 4.69) is 24.3 Å². The second-order valence-corrected chi connectivity index (χ2v) is 11.4. The number of piperidine rings is 1. The number of halogens is 1. The maximum atomic E-state index is 12.8. The van der Waals surface area contributed by atoms with Gasteiger partial charge in [-0.25, -0.2) is 8.42 Å². The van der Waals surface area contributed by atoms with E-state index in [0.29, 0.717) is 46.2 Å². The number of thiophene rings is 1. The molecule has 160 valence electrons. The van der Waals surface area contributed by atoms with E-state index in [0.717, 1.165) is 24.1 Å². The summed E-state index contributed by atoms with van der Waals surface area (Å²) in [6.45, 7) is 7.89. The number of aryl methyl sites for hydroxylation is 1. The van der Waals surface area contributed by atoms with Gasteiger partial charge < -0.3 is 5.32 Å². The minimum atomic E-state index is -3.45. The fourth-order valence-corrected chi connectivity index (χ4v) is 6.65. The third-order valence-electron chi connectivity index (χ3n) is 4.80. The highest BCUT2D eigenvalue weighted by molar-refractivity contribution is 7.91. The zero-order chi connectivity index (χ0) is 21.2. The Balaban J connectivity index is 1.67. The van der Waals surface area contributed by atoms with Crippen molar-refractivity contribution in [3.63, 3.8) is 0 Å². The zero-order valence-corrected chi connectivity index (χ0v) is 19.3. The van der Waals surface area contributed by atoms with Crippen molar-refractivity contribution in [1.29, 1.82) is 0 Å². The van der Waals surface area contributed by atoms with E-state index in [1.807, 2.05) is 0 Å². The Labute approximate surface area is 181 Å². The first-order valence-corrected chi connectivity index (χ1v) is 12.4. The van der Waals surface area contributed by atoms with Gasteiger partial charge in [-0.2, -0.15) is 9.40 Å². The quantitative estimate of drug-likeness (QED) is 0.686. The normalized spacial score (nSPS) is 15.8. The largest absolute Gasteiger partial charge is 0.347 e. The third-order valence-corrected chi connectivity index (χ3v) is 8.64. The Hall–Kier alpha value is -1.42. The fourth-order valence-electron chi connectivity index (χ4n) is 3.36. The summed E-state index contributed by atoms with van der Waals surface area (Å²) in [4.78, 5) is 13.4. The van der Waals surface area contributed by atoms with Crippen molar-refractivity contribution in [3.05, 3.63) is 33.4 Å². The van der Waals surface area contributed by atoms with Crippen LogP contribution in [0.5, 0.6) is 0 Å². The molecule has 1 saturated heterocycles. The Morgan fingerprint density at radius 2 is 1.97 bits per heavy atom. The number of carbonyl (C=O) groups excluding carboxylic acids is 1. The second kappa shape index (κ2) is 9.16. The lowest BCUT2D eigenvalue weighted by Gasteiger charge is -2.25. The van der Waals surface area contributed by atoms with E-state index in [-0.39, 0.29) is 12.5 Å². The van der Waals surface area contributed by atoms with E-state index < -0.39 is 10.0 Å². The number of hydrogen-bond donors (Lipinski definition) is 1. The highest BCUT2D eigenvalue weighted by Gasteiger charge is 2.27. The minimum Gasteiger partial charge on any atom is -0.347 e. The Kier molecular flexibility index (Phi) is 7.03. The van der Waals surface area contributed by atoms with Crippen LogP contribution in [0.1, 0.15) is 54.0 Å². The van der Waals surface area contributed by atoms with Crippen molar-refractivity contribution in [2.24, 2.45) is 5.92 Å². The van der Waals surface area contributed by atoms with E-state index in [1.165, 1.54) is 11.3 Å². The van der Waals surface area contributed by atoms with Crippen molar-refractivity contribution < 1.29 is 13.2 Å². The summed E-state index contributed by atoms with van der Waals surface area (Å²) >= 11 is 7.55. The Morgan fingerprint density at radius 1 is 1.28 bits per heavy atom. The number of amides is 1. The summed E-state index contributed by atoms with van der Waals surface area (Å²) in [6, 6.07) is 3.37. The van der Waals surface area contributed by atoms with Crippen molar-refractivity contribution in [2.45, 2.75) is 57.3 Å². The molecule has 2 aromatic heterocycles. The summed E-state index contributed by atoms with van der Waals surface area (Å²) in [5, 5.41) is 7.52. The fraction of sp³-hybridized carbons (Fsp3) is 0.579. The molecule has 3 rings (SSSR count). The monoisotopic (exact) mass is 458 g/mol. The van der Waals surface area contributed by atoms with Gasteiger partial charge in [0.1, 0.15) is 9.36 Å². The molecule has 0 bridgehead atoms. The lowest BCUT2D eigenvalue weighted by Crippen LogP contribution is -2.35. The standard InChI is InChI=1S/C19H27ClN4O3S2/c1-13(2)12-24-18(20)17(14(3)22-24)19(25)21-11-15-7-8-16(28-15)29(26,27)23-9-5-4-6-10-23/h7-8,13H,4-6,9-12H2,1-3H3,(H,21,25). The molecule has 1 aliphatic heterocycles. The smallest absolute Gasteiger partial charge is 0.256 e. The Bertz CT molecular complexity index is 976. The van der Waals surface area contributed by atoms with Crippen LogP contribution in [0.4, 0.5) is 0 Å². The third kappa shape index (κ3) is 5.02. The van der Waals surface area contributed by atoms with Crippen molar-refractivity contribution in [3.8, 4) is 0 Å². The zero-order valence-electron chi connectivity index (χ0n) is 16.9. The average Bonchev–Trinajstić information content (AvgIpc) is 3.25. The van der Waals surface area contributed by atoms with Crippen LogP contribution in [-0.2, 0) is 23.1 Å². The lowest BCUT2D eigenvalue weighted by atomic mass is 10.2. The predicted octanol–water partition coefficient (Wildman–Crippen LogP) is 3.67. The molecule has 0 atom stereocenters. The van der Waals surface area contributed by atoms with Crippen molar-refractivity contribution in [2.75, 3.05) is 13.1 Å². The summed E-state index contributed by atoms with van der Waals surface area (Å²) < 4.78 is 29.0. The van der Waals surface area contributed by atoms with E-state index in [9.17, 15) is 13.2 Å². The molecule has 10 heteroatoms. The van der Waals surface area contributed by atoms with Gasteiger partial charge >= 0.3 is 0 Å². The molecule has 1 fully saturated rings. The van der Waals surface area contributed by atoms with Gasteiger partial charge in [-0.15, -0.1) is 11.3 Å². The number of aromatic nitrogens is 2. The highest BCUT2D eigenvalue weighted by atomic mass is 35.5. The van der Waals surface area contributed by atoms with Crippen LogP contribution in [0.25, 0.3) is 0 Å². The average molecular weight is 459 g/mol. The van der Waals surface area contributed by atoms with E-state index in [4.69, 9.17) is 11.6 Å². The number of nitrogens with one attached hydrogen (secondary N) is 1. The van der Waals surface area contributed by atoms with Gasteiger partial charge in [-0.1, -0.05) is 31.9 Å². The van der Waals surface area contributed by atoms with Gasteiger partial charge in [0.25, 0.3) is 15.9 Å². The SMILES string of the molecule is Cc1nn(CC(C)C)c(Cl)c1C(=O)NCc1ccc(S(=O)(=O)N2CCCCC2)s1. The summed E-state index contributed by atoms with van der Waals surface area (Å²) in [5.74, 6) is 0.0467. The van der Waals surface area contributed by atoms with Crippen LogP contribution in [0.2, 0.25) is 5.15 Å². The van der Waals surface area contributed by atoms with E-state index >= 15 is 0 Å². The molecule has 1 amide bonds. The summed E-state index contributed by atoms with van der Waals surface area (Å²) in [7, 11) is -3.45. The number of carbonyl (C=O) groups is 1. The Morgan fingerprint density at radius 3 is 2.62 bits per heavy atom. The van der Waals surface area contributed by atoms with Gasteiger partial charge in [0.15, 0.2) is 0 Å². The van der Waals surface area contributed by atoms with E-state index in [1.54, 1.807) is 28.0 Å². The topological polar surface area (TPSA) is 84.3 Å². The number of nitrogens with zero attached hydrogens (tertiary/aromatic N) is 3. The molecule has 7 nitrogen and oxygen atoms in total. The minimum absolute atomic E-state index is 0.240. The van der Waals surface area contributed by atoms with Crippen molar-refractivity contribution >= 4 is 38.9 Å². The predicted molar refractivity (Wildman–Crippen MR) is 115 cm³/mol. The molecule has 0 aliphatic carbocycles. The van der Waals surface area contributed by atoms with Crippen LogP contribution >= 0.6 is 22.9 Å².